The van der Waals surface area contributed by atoms with Crippen molar-refractivity contribution in [3.05, 3.63) is 65.7 Å². The first-order valence-corrected chi connectivity index (χ1v) is 6.46. The lowest BCUT2D eigenvalue weighted by Crippen LogP contribution is -2.00. The number of benzene rings is 2. The van der Waals surface area contributed by atoms with Gasteiger partial charge in [-0.2, -0.15) is 0 Å². The zero-order valence-corrected chi connectivity index (χ0v) is 11.7. The molecule has 0 spiro atoms. The summed E-state index contributed by atoms with van der Waals surface area (Å²) in [5, 5.41) is 8.93. The fraction of sp³-hybridized carbons (Fsp3) is 0.118. The average molecular weight is 284 g/mol. The Morgan fingerprint density at radius 2 is 1.90 bits per heavy atom. The van der Waals surface area contributed by atoms with E-state index in [1.54, 1.807) is 6.07 Å². The van der Waals surface area contributed by atoms with Crippen LogP contribution >= 0.6 is 0 Å². The lowest BCUT2D eigenvalue weighted by molar-refractivity contribution is 0.0696. The average Bonchev–Trinajstić information content (AvgIpc) is 2.52. The zero-order valence-electron chi connectivity index (χ0n) is 11.7. The maximum Gasteiger partial charge on any atom is 0.335 e. The molecule has 0 aliphatic carbocycles. The lowest BCUT2D eigenvalue weighted by Gasteiger charge is -2.09. The fourth-order valence-corrected chi connectivity index (χ4v) is 1.81. The van der Waals surface area contributed by atoms with E-state index in [4.69, 9.17) is 14.6 Å². The molecular weight excluding hydrogens is 268 g/mol. The molecule has 2 aromatic rings. The van der Waals surface area contributed by atoms with Gasteiger partial charge in [-0.3, -0.25) is 0 Å². The van der Waals surface area contributed by atoms with Crippen LogP contribution in [0, 0.1) is 0 Å². The van der Waals surface area contributed by atoms with Gasteiger partial charge in [0.05, 0.1) is 12.7 Å². The summed E-state index contributed by atoms with van der Waals surface area (Å²) in [4.78, 5) is 10.9. The summed E-state index contributed by atoms with van der Waals surface area (Å²) < 4.78 is 10.7. The molecule has 1 N–H and O–H groups in total. The summed E-state index contributed by atoms with van der Waals surface area (Å²) in [5.41, 5.74) is 1.26. The van der Waals surface area contributed by atoms with Crippen LogP contribution in [0.2, 0.25) is 0 Å². The first-order chi connectivity index (χ1) is 10.2. The van der Waals surface area contributed by atoms with Crippen molar-refractivity contribution in [2.75, 3.05) is 13.7 Å². The van der Waals surface area contributed by atoms with E-state index in [1.165, 1.54) is 19.2 Å². The lowest BCUT2D eigenvalue weighted by atomic mass is 10.2. The number of hydrogen-bond donors (Lipinski definition) is 1. The number of aromatic carboxylic acids is 1. The van der Waals surface area contributed by atoms with Crippen molar-refractivity contribution in [3.63, 3.8) is 0 Å². The molecule has 0 radical (unpaired) electrons. The van der Waals surface area contributed by atoms with E-state index in [2.05, 4.69) is 0 Å². The maximum absolute atomic E-state index is 10.9. The summed E-state index contributed by atoms with van der Waals surface area (Å²) in [6.45, 7) is 0.373. The SMILES string of the molecule is COc1cc(C(=O)O)ccc1OC/C=C/c1ccccc1. The number of ether oxygens (including phenoxy) is 2. The van der Waals surface area contributed by atoms with Crippen LogP contribution in [0.15, 0.2) is 54.6 Å². The van der Waals surface area contributed by atoms with E-state index < -0.39 is 5.97 Å². The fourth-order valence-electron chi connectivity index (χ4n) is 1.81. The molecule has 0 saturated heterocycles. The molecule has 4 heteroatoms. The second kappa shape index (κ2) is 7.14. The van der Waals surface area contributed by atoms with Crippen LogP contribution in [0.4, 0.5) is 0 Å². The molecule has 0 aliphatic rings. The van der Waals surface area contributed by atoms with Gasteiger partial charge in [-0.25, -0.2) is 4.79 Å². The second-order valence-electron chi connectivity index (χ2n) is 4.29. The van der Waals surface area contributed by atoms with Crippen molar-refractivity contribution in [2.45, 2.75) is 0 Å². The van der Waals surface area contributed by atoms with Gasteiger partial charge in [-0.05, 0) is 29.8 Å². The monoisotopic (exact) mass is 284 g/mol. The van der Waals surface area contributed by atoms with Crippen LogP contribution in [-0.2, 0) is 0 Å². The Morgan fingerprint density at radius 1 is 1.14 bits per heavy atom. The highest BCUT2D eigenvalue weighted by Crippen LogP contribution is 2.28. The minimum absolute atomic E-state index is 0.166. The Balaban J connectivity index is 2.00. The molecule has 0 aromatic heterocycles. The third-order valence-electron chi connectivity index (χ3n) is 2.86. The van der Waals surface area contributed by atoms with Crippen molar-refractivity contribution < 1.29 is 19.4 Å². The van der Waals surface area contributed by atoms with E-state index in [9.17, 15) is 4.79 Å². The third-order valence-corrected chi connectivity index (χ3v) is 2.86. The molecular formula is C17H16O4. The number of carbonyl (C=O) groups is 1. The summed E-state index contributed by atoms with van der Waals surface area (Å²) in [5.74, 6) is -0.0768. The van der Waals surface area contributed by atoms with Gasteiger partial charge >= 0.3 is 5.97 Å². The molecule has 2 aromatic carbocycles. The molecule has 0 atom stereocenters. The summed E-state index contributed by atoms with van der Waals surface area (Å²) >= 11 is 0. The second-order valence-corrected chi connectivity index (χ2v) is 4.29. The zero-order chi connectivity index (χ0) is 15.1. The topological polar surface area (TPSA) is 55.8 Å². The Bertz CT molecular complexity index is 632. The van der Waals surface area contributed by atoms with Gasteiger partial charge in [0, 0.05) is 0 Å². The number of hydrogen-bond acceptors (Lipinski definition) is 3. The van der Waals surface area contributed by atoms with Crippen LogP contribution in [0.1, 0.15) is 15.9 Å². The predicted molar refractivity (Wildman–Crippen MR) is 80.9 cm³/mol. The Hall–Kier alpha value is -2.75. The minimum atomic E-state index is -0.996. The van der Waals surface area contributed by atoms with Gasteiger partial charge in [0.2, 0.25) is 0 Å². The number of methoxy groups -OCH3 is 1. The molecule has 2 rings (SSSR count). The highest BCUT2D eigenvalue weighted by molar-refractivity contribution is 5.88. The molecule has 0 aliphatic heterocycles. The van der Waals surface area contributed by atoms with E-state index >= 15 is 0 Å². The van der Waals surface area contributed by atoms with Crippen molar-refractivity contribution in [1.29, 1.82) is 0 Å². The number of carboxylic acid groups (broad SMARTS) is 1. The molecule has 4 nitrogen and oxygen atoms in total. The highest BCUT2D eigenvalue weighted by atomic mass is 16.5. The molecule has 0 heterocycles. The largest absolute Gasteiger partial charge is 0.493 e. The van der Waals surface area contributed by atoms with Crippen molar-refractivity contribution >= 4 is 12.0 Å². The van der Waals surface area contributed by atoms with E-state index in [1.807, 2.05) is 42.5 Å². The maximum atomic E-state index is 10.9. The molecule has 0 bridgehead atoms. The first-order valence-electron chi connectivity index (χ1n) is 6.46. The van der Waals surface area contributed by atoms with Gasteiger partial charge in [-0.1, -0.05) is 36.4 Å². The van der Waals surface area contributed by atoms with Gasteiger partial charge in [0.15, 0.2) is 11.5 Å². The third kappa shape index (κ3) is 4.11. The Kier molecular flexibility index (Phi) is 4.99. The molecule has 21 heavy (non-hydrogen) atoms. The predicted octanol–water partition coefficient (Wildman–Crippen LogP) is 3.49. The minimum Gasteiger partial charge on any atom is -0.493 e. The Labute approximate surface area is 123 Å². The normalized spacial score (nSPS) is 10.5. The van der Waals surface area contributed by atoms with Crippen molar-refractivity contribution in [2.24, 2.45) is 0 Å². The van der Waals surface area contributed by atoms with Gasteiger partial charge in [-0.15, -0.1) is 0 Å². The summed E-state index contributed by atoms with van der Waals surface area (Å²) in [6.07, 6.45) is 3.85. The van der Waals surface area contributed by atoms with Gasteiger partial charge < -0.3 is 14.6 Å². The van der Waals surface area contributed by atoms with Gasteiger partial charge in [0.25, 0.3) is 0 Å². The van der Waals surface area contributed by atoms with E-state index in [-0.39, 0.29) is 5.56 Å². The standard InChI is InChI=1S/C17H16O4/c1-20-16-12-14(17(18)19)9-10-15(16)21-11-5-8-13-6-3-2-4-7-13/h2-10,12H,11H2,1H3,(H,18,19)/b8-5+. The van der Waals surface area contributed by atoms with E-state index in [0.717, 1.165) is 5.56 Å². The highest BCUT2D eigenvalue weighted by Gasteiger charge is 2.09. The molecule has 0 unspecified atom stereocenters. The molecule has 0 saturated carbocycles. The number of rotatable bonds is 6. The van der Waals surface area contributed by atoms with E-state index in [0.29, 0.717) is 18.1 Å². The summed E-state index contributed by atoms with van der Waals surface area (Å²) in [7, 11) is 1.48. The quantitative estimate of drug-likeness (QED) is 0.882. The van der Waals surface area contributed by atoms with Crippen molar-refractivity contribution in [1.82, 2.24) is 0 Å². The van der Waals surface area contributed by atoms with Crippen LogP contribution in [-0.4, -0.2) is 24.8 Å². The molecule has 108 valence electrons. The number of carboxylic acids is 1. The van der Waals surface area contributed by atoms with Crippen molar-refractivity contribution in [3.8, 4) is 11.5 Å². The van der Waals surface area contributed by atoms with Gasteiger partial charge in [0.1, 0.15) is 6.61 Å². The van der Waals surface area contributed by atoms with Crippen LogP contribution < -0.4 is 9.47 Å². The Morgan fingerprint density at radius 3 is 2.57 bits per heavy atom. The molecule has 0 amide bonds. The van der Waals surface area contributed by atoms with Crippen LogP contribution in [0.3, 0.4) is 0 Å². The van der Waals surface area contributed by atoms with Crippen LogP contribution in [0.5, 0.6) is 11.5 Å². The van der Waals surface area contributed by atoms with Crippen LogP contribution in [0.25, 0.3) is 6.08 Å². The first kappa shape index (κ1) is 14.7. The summed E-state index contributed by atoms with van der Waals surface area (Å²) in [6, 6.07) is 14.4. The smallest absolute Gasteiger partial charge is 0.335 e. The molecule has 0 fully saturated rings.